The van der Waals surface area contributed by atoms with E-state index in [0.717, 1.165) is 25.7 Å². The number of rotatable bonds is 15. The van der Waals surface area contributed by atoms with Gasteiger partial charge in [0.15, 0.2) is 0 Å². The molecule has 0 spiro atoms. The molecular formula is C18H38O2. The molecule has 0 heterocycles. The molecule has 0 bridgehead atoms. The number of unbranched alkanes of at least 4 members (excludes halogenated alkanes) is 9. The molecule has 122 valence electrons. The Bertz CT molecular complexity index is 180. The van der Waals surface area contributed by atoms with Gasteiger partial charge in [-0.05, 0) is 26.2 Å². The number of hydrogen-bond donors (Lipinski definition) is 2. The van der Waals surface area contributed by atoms with Gasteiger partial charge in [0.05, 0.1) is 12.2 Å². The van der Waals surface area contributed by atoms with Gasteiger partial charge in [0.25, 0.3) is 0 Å². The minimum atomic E-state index is -0.137. The van der Waals surface area contributed by atoms with E-state index >= 15 is 0 Å². The first-order valence-electron chi connectivity index (χ1n) is 9.03. The average molecular weight is 286 g/mol. The van der Waals surface area contributed by atoms with Crippen LogP contribution in [0.3, 0.4) is 0 Å². The second kappa shape index (κ2) is 15.3. The Morgan fingerprint density at radius 1 is 0.600 bits per heavy atom. The molecule has 2 atom stereocenters. The number of hydrogen-bond acceptors (Lipinski definition) is 2. The lowest BCUT2D eigenvalue weighted by molar-refractivity contribution is 0.147. The molecule has 2 N–H and O–H groups in total. The Hall–Kier alpha value is -0.0800. The fourth-order valence-electron chi connectivity index (χ4n) is 2.65. The summed E-state index contributed by atoms with van der Waals surface area (Å²) in [5.74, 6) is 0. The van der Waals surface area contributed by atoms with E-state index in [4.69, 9.17) is 5.11 Å². The highest BCUT2D eigenvalue weighted by Crippen LogP contribution is 2.14. The Kier molecular flexibility index (Phi) is 15.3. The smallest absolute Gasteiger partial charge is 0.0540 e. The summed E-state index contributed by atoms with van der Waals surface area (Å²) in [5, 5.41) is 19.0. The quantitative estimate of drug-likeness (QED) is 0.406. The van der Waals surface area contributed by atoms with Crippen molar-refractivity contribution in [1.29, 1.82) is 0 Å². The first-order valence-corrected chi connectivity index (χ1v) is 9.03. The first-order chi connectivity index (χ1) is 9.66. The second-order valence-corrected chi connectivity index (χ2v) is 6.40. The third kappa shape index (κ3) is 16.0. The van der Waals surface area contributed by atoms with Gasteiger partial charge in [-0.25, -0.2) is 0 Å². The molecule has 0 saturated heterocycles. The lowest BCUT2D eigenvalue weighted by Gasteiger charge is -2.10. The molecule has 20 heavy (non-hydrogen) atoms. The van der Waals surface area contributed by atoms with Crippen LogP contribution in [0.15, 0.2) is 0 Å². The fourth-order valence-corrected chi connectivity index (χ4v) is 2.65. The van der Waals surface area contributed by atoms with Crippen LogP contribution in [-0.2, 0) is 0 Å². The van der Waals surface area contributed by atoms with E-state index in [2.05, 4.69) is 6.92 Å². The van der Waals surface area contributed by atoms with Crippen LogP contribution in [0.25, 0.3) is 0 Å². The second-order valence-electron chi connectivity index (χ2n) is 6.40. The zero-order chi connectivity index (χ0) is 15.1. The lowest BCUT2D eigenvalue weighted by atomic mass is 10.0. The summed E-state index contributed by atoms with van der Waals surface area (Å²) in [5.41, 5.74) is 0. The minimum Gasteiger partial charge on any atom is -0.393 e. The van der Waals surface area contributed by atoms with Gasteiger partial charge in [0.2, 0.25) is 0 Å². The molecule has 0 aromatic heterocycles. The van der Waals surface area contributed by atoms with Gasteiger partial charge < -0.3 is 10.2 Å². The van der Waals surface area contributed by atoms with Crippen LogP contribution in [0.5, 0.6) is 0 Å². The van der Waals surface area contributed by atoms with E-state index in [1.807, 2.05) is 6.92 Å². The molecule has 0 amide bonds. The highest BCUT2D eigenvalue weighted by molar-refractivity contribution is 4.57. The predicted octanol–water partition coefficient (Wildman–Crippen LogP) is 5.21. The summed E-state index contributed by atoms with van der Waals surface area (Å²) < 4.78 is 0. The Morgan fingerprint density at radius 3 is 1.45 bits per heavy atom. The molecule has 0 aliphatic heterocycles. The number of aliphatic hydroxyl groups excluding tert-OH is 2. The normalized spacial score (nSPS) is 14.4. The topological polar surface area (TPSA) is 40.5 Å². The first kappa shape index (κ1) is 19.9. The average Bonchev–Trinajstić information content (AvgIpc) is 2.41. The zero-order valence-electron chi connectivity index (χ0n) is 13.9. The molecule has 0 aliphatic rings. The summed E-state index contributed by atoms with van der Waals surface area (Å²) in [6.07, 6.45) is 16.5. The molecule has 0 aliphatic carbocycles. The lowest BCUT2D eigenvalue weighted by Crippen LogP contribution is -2.05. The molecule has 0 aromatic rings. The predicted molar refractivity (Wildman–Crippen MR) is 88.0 cm³/mol. The van der Waals surface area contributed by atoms with E-state index in [9.17, 15) is 5.11 Å². The largest absolute Gasteiger partial charge is 0.393 e. The standard InChI is InChI=1S/C18H38O2/c1-3-4-5-8-12-15-18(20)16-13-10-7-6-9-11-14-17(2)19/h17-20H,3-16H2,1-2H3. The van der Waals surface area contributed by atoms with Crippen LogP contribution >= 0.6 is 0 Å². The zero-order valence-corrected chi connectivity index (χ0v) is 13.9. The van der Waals surface area contributed by atoms with Gasteiger partial charge in [0, 0.05) is 0 Å². The molecule has 2 unspecified atom stereocenters. The molecule has 0 fully saturated rings. The van der Waals surface area contributed by atoms with Crippen LogP contribution in [0.4, 0.5) is 0 Å². The summed E-state index contributed by atoms with van der Waals surface area (Å²) in [6, 6.07) is 0. The van der Waals surface area contributed by atoms with E-state index in [1.165, 1.54) is 64.2 Å². The van der Waals surface area contributed by atoms with Gasteiger partial charge >= 0.3 is 0 Å². The SMILES string of the molecule is CCCCCCCC(O)CCCCCCCCC(C)O. The maximum Gasteiger partial charge on any atom is 0.0540 e. The van der Waals surface area contributed by atoms with Gasteiger partial charge in [-0.2, -0.15) is 0 Å². The molecule has 2 nitrogen and oxygen atoms in total. The highest BCUT2D eigenvalue weighted by Gasteiger charge is 2.03. The number of aliphatic hydroxyl groups is 2. The van der Waals surface area contributed by atoms with Crippen LogP contribution in [0.2, 0.25) is 0 Å². The van der Waals surface area contributed by atoms with Crippen molar-refractivity contribution in [3.63, 3.8) is 0 Å². The van der Waals surface area contributed by atoms with Crippen molar-refractivity contribution < 1.29 is 10.2 Å². The third-order valence-corrected chi connectivity index (χ3v) is 4.05. The minimum absolute atomic E-state index is 0.0631. The van der Waals surface area contributed by atoms with Crippen molar-refractivity contribution in [2.24, 2.45) is 0 Å². The van der Waals surface area contributed by atoms with Crippen molar-refractivity contribution in [1.82, 2.24) is 0 Å². The molecule has 0 rings (SSSR count). The van der Waals surface area contributed by atoms with Crippen molar-refractivity contribution in [2.45, 2.75) is 116 Å². The summed E-state index contributed by atoms with van der Waals surface area (Å²) in [7, 11) is 0. The maximum atomic E-state index is 9.88. The van der Waals surface area contributed by atoms with Crippen LogP contribution in [0.1, 0.15) is 104 Å². The van der Waals surface area contributed by atoms with Gasteiger partial charge in [0.1, 0.15) is 0 Å². The molecule has 0 radical (unpaired) electrons. The van der Waals surface area contributed by atoms with E-state index in [-0.39, 0.29) is 12.2 Å². The van der Waals surface area contributed by atoms with E-state index < -0.39 is 0 Å². The monoisotopic (exact) mass is 286 g/mol. The fraction of sp³-hybridized carbons (Fsp3) is 1.00. The maximum absolute atomic E-state index is 9.88. The van der Waals surface area contributed by atoms with Crippen molar-refractivity contribution >= 4 is 0 Å². The van der Waals surface area contributed by atoms with Crippen LogP contribution in [-0.4, -0.2) is 22.4 Å². The van der Waals surface area contributed by atoms with Gasteiger partial charge in [-0.15, -0.1) is 0 Å². The van der Waals surface area contributed by atoms with Gasteiger partial charge in [-0.3, -0.25) is 0 Å². The van der Waals surface area contributed by atoms with E-state index in [1.54, 1.807) is 0 Å². The molecule has 2 heteroatoms. The highest BCUT2D eigenvalue weighted by atomic mass is 16.3. The van der Waals surface area contributed by atoms with Crippen molar-refractivity contribution in [2.75, 3.05) is 0 Å². The third-order valence-electron chi connectivity index (χ3n) is 4.05. The Balaban J connectivity index is 3.13. The van der Waals surface area contributed by atoms with Crippen LogP contribution in [0, 0.1) is 0 Å². The Morgan fingerprint density at radius 2 is 1.00 bits per heavy atom. The Labute approximate surface area is 127 Å². The summed E-state index contributed by atoms with van der Waals surface area (Å²) >= 11 is 0. The van der Waals surface area contributed by atoms with Crippen LogP contribution < -0.4 is 0 Å². The van der Waals surface area contributed by atoms with Crippen molar-refractivity contribution in [3.8, 4) is 0 Å². The molecular weight excluding hydrogens is 248 g/mol. The summed E-state index contributed by atoms with van der Waals surface area (Å²) in [4.78, 5) is 0. The van der Waals surface area contributed by atoms with E-state index in [0.29, 0.717) is 0 Å². The van der Waals surface area contributed by atoms with Crippen molar-refractivity contribution in [3.05, 3.63) is 0 Å². The molecule has 0 saturated carbocycles. The van der Waals surface area contributed by atoms with Gasteiger partial charge in [-0.1, -0.05) is 77.6 Å². The molecule has 0 aromatic carbocycles. The summed E-state index contributed by atoms with van der Waals surface area (Å²) in [6.45, 7) is 4.10.